The van der Waals surface area contributed by atoms with E-state index < -0.39 is 0 Å². The second-order valence-corrected chi connectivity index (χ2v) is 5.59. The van der Waals surface area contributed by atoms with Gasteiger partial charge in [-0.3, -0.25) is 0 Å². The van der Waals surface area contributed by atoms with Crippen LogP contribution < -0.4 is 10.6 Å². The average Bonchev–Trinajstić information content (AvgIpc) is 3.10. The average molecular weight is 262 g/mol. The number of nitrogens with one attached hydrogen (secondary N) is 2. The van der Waals surface area contributed by atoms with Gasteiger partial charge in [-0.1, -0.05) is 20.8 Å². The van der Waals surface area contributed by atoms with Gasteiger partial charge in [-0.25, -0.2) is 9.97 Å². The molecule has 1 aromatic rings. The number of anilines is 2. The topological polar surface area (TPSA) is 49.8 Å². The highest BCUT2D eigenvalue weighted by atomic mass is 15.1. The van der Waals surface area contributed by atoms with Crippen molar-refractivity contribution < 1.29 is 0 Å². The second-order valence-electron chi connectivity index (χ2n) is 5.59. The lowest BCUT2D eigenvalue weighted by Crippen LogP contribution is -2.10. The van der Waals surface area contributed by atoms with Crippen LogP contribution >= 0.6 is 0 Å². The Morgan fingerprint density at radius 2 is 1.84 bits per heavy atom. The molecule has 1 aromatic heterocycles. The minimum absolute atomic E-state index is 0.830. The lowest BCUT2D eigenvalue weighted by molar-refractivity contribution is 0.778. The Morgan fingerprint density at radius 3 is 2.42 bits per heavy atom. The molecule has 1 fully saturated rings. The highest BCUT2D eigenvalue weighted by Crippen LogP contribution is 2.37. The van der Waals surface area contributed by atoms with Crippen molar-refractivity contribution in [1.29, 1.82) is 0 Å². The van der Waals surface area contributed by atoms with E-state index in [4.69, 9.17) is 0 Å². The van der Waals surface area contributed by atoms with Gasteiger partial charge >= 0.3 is 0 Å². The molecule has 0 spiro atoms. The minimum Gasteiger partial charge on any atom is -0.370 e. The van der Waals surface area contributed by atoms with E-state index in [0.717, 1.165) is 61.6 Å². The van der Waals surface area contributed by atoms with E-state index in [2.05, 4.69) is 41.4 Å². The fourth-order valence-corrected chi connectivity index (χ4v) is 2.19. The summed E-state index contributed by atoms with van der Waals surface area (Å²) in [7, 11) is 0. The fourth-order valence-electron chi connectivity index (χ4n) is 2.19. The summed E-state index contributed by atoms with van der Waals surface area (Å²) in [5.74, 6) is 4.57. The quantitative estimate of drug-likeness (QED) is 0.754. The number of aryl methyl sites for hydroxylation is 1. The van der Waals surface area contributed by atoms with Gasteiger partial charge in [0, 0.05) is 25.6 Å². The first kappa shape index (κ1) is 14.1. The molecular formula is C15H26N4. The van der Waals surface area contributed by atoms with E-state index in [9.17, 15) is 0 Å². The molecule has 19 heavy (non-hydrogen) atoms. The first-order valence-electron chi connectivity index (χ1n) is 7.58. The Bertz CT molecular complexity index is 405. The molecule has 1 heterocycles. The molecule has 2 unspecified atom stereocenters. The molecule has 0 amide bonds. The lowest BCUT2D eigenvalue weighted by atomic mass is 10.3. The van der Waals surface area contributed by atoms with Crippen LogP contribution in [-0.2, 0) is 6.42 Å². The highest BCUT2D eigenvalue weighted by molar-refractivity contribution is 5.47. The van der Waals surface area contributed by atoms with E-state index >= 15 is 0 Å². The summed E-state index contributed by atoms with van der Waals surface area (Å²) in [6.07, 6.45) is 4.47. The van der Waals surface area contributed by atoms with Gasteiger partial charge in [0.2, 0.25) is 0 Å². The van der Waals surface area contributed by atoms with Crippen LogP contribution in [-0.4, -0.2) is 23.1 Å². The van der Waals surface area contributed by atoms with Gasteiger partial charge in [0.25, 0.3) is 0 Å². The number of nitrogens with zero attached hydrogens (tertiary/aromatic N) is 2. The van der Waals surface area contributed by atoms with Gasteiger partial charge < -0.3 is 10.6 Å². The molecular weight excluding hydrogens is 236 g/mol. The van der Waals surface area contributed by atoms with E-state index in [1.54, 1.807) is 0 Å². The van der Waals surface area contributed by atoms with Gasteiger partial charge in [-0.2, -0.15) is 0 Å². The molecule has 0 aliphatic heterocycles. The number of rotatable bonds is 8. The van der Waals surface area contributed by atoms with Gasteiger partial charge in [0.15, 0.2) is 0 Å². The van der Waals surface area contributed by atoms with Crippen molar-refractivity contribution in [2.45, 2.75) is 46.5 Å². The Balaban J connectivity index is 1.99. The van der Waals surface area contributed by atoms with E-state index in [0.29, 0.717) is 0 Å². The van der Waals surface area contributed by atoms with Crippen molar-refractivity contribution in [3.63, 3.8) is 0 Å². The highest BCUT2D eigenvalue weighted by Gasteiger charge is 2.31. The summed E-state index contributed by atoms with van der Waals surface area (Å²) in [6, 6.07) is 2.03. The van der Waals surface area contributed by atoms with Crippen LogP contribution in [0.5, 0.6) is 0 Å². The van der Waals surface area contributed by atoms with Gasteiger partial charge in [-0.15, -0.1) is 0 Å². The Kier molecular flexibility index (Phi) is 5.00. The maximum atomic E-state index is 4.59. The smallest absolute Gasteiger partial charge is 0.133 e. The van der Waals surface area contributed by atoms with E-state index in [1.165, 1.54) is 6.42 Å². The summed E-state index contributed by atoms with van der Waals surface area (Å²) < 4.78 is 0. The van der Waals surface area contributed by atoms with Crippen molar-refractivity contribution in [2.24, 2.45) is 11.8 Å². The molecule has 4 heteroatoms. The molecule has 106 valence electrons. The third-order valence-electron chi connectivity index (χ3n) is 3.62. The predicted molar refractivity (Wildman–Crippen MR) is 80.6 cm³/mol. The van der Waals surface area contributed by atoms with Crippen molar-refractivity contribution in [1.82, 2.24) is 9.97 Å². The van der Waals surface area contributed by atoms with Crippen LogP contribution in [0.3, 0.4) is 0 Å². The van der Waals surface area contributed by atoms with Crippen LogP contribution in [0.25, 0.3) is 0 Å². The zero-order valence-corrected chi connectivity index (χ0v) is 12.4. The largest absolute Gasteiger partial charge is 0.370 e. The standard InChI is InChI=1S/C15H26N4/c1-4-6-13-18-14(16-7-5-2)9-15(19-13)17-10-12-8-11(12)3/h9,11-12H,4-8,10H2,1-3H3,(H2,16,17,18,19). The SMILES string of the molecule is CCCNc1cc(NCC2CC2C)nc(CCC)n1. The zero-order chi connectivity index (χ0) is 13.7. The second kappa shape index (κ2) is 6.73. The number of aromatic nitrogens is 2. The molecule has 0 bridgehead atoms. The summed E-state index contributed by atoms with van der Waals surface area (Å²) in [6.45, 7) is 8.63. The normalized spacial score (nSPS) is 21.2. The molecule has 0 saturated heterocycles. The van der Waals surface area contributed by atoms with Crippen molar-refractivity contribution in [3.05, 3.63) is 11.9 Å². The molecule has 0 radical (unpaired) electrons. The summed E-state index contributed by atoms with van der Waals surface area (Å²) in [5.41, 5.74) is 0. The summed E-state index contributed by atoms with van der Waals surface area (Å²) >= 11 is 0. The maximum Gasteiger partial charge on any atom is 0.133 e. The molecule has 2 rings (SSSR count). The zero-order valence-electron chi connectivity index (χ0n) is 12.4. The summed E-state index contributed by atoms with van der Waals surface area (Å²) in [5, 5.41) is 6.82. The Labute approximate surface area is 116 Å². The third kappa shape index (κ3) is 4.37. The molecule has 0 aromatic carbocycles. The van der Waals surface area contributed by atoms with Crippen LogP contribution in [0.2, 0.25) is 0 Å². The number of hydrogen-bond acceptors (Lipinski definition) is 4. The molecule has 4 nitrogen and oxygen atoms in total. The molecule has 1 aliphatic rings. The van der Waals surface area contributed by atoms with Crippen molar-refractivity contribution in [3.8, 4) is 0 Å². The molecule has 2 N–H and O–H groups in total. The molecule has 1 saturated carbocycles. The predicted octanol–water partition coefficient (Wildman–Crippen LogP) is 3.32. The van der Waals surface area contributed by atoms with Crippen LogP contribution in [0, 0.1) is 11.8 Å². The van der Waals surface area contributed by atoms with Crippen LogP contribution in [0.15, 0.2) is 6.07 Å². The molecule has 2 atom stereocenters. The van der Waals surface area contributed by atoms with Crippen molar-refractivity contribution >= 4 is 11.6 Å². The van der Waals surface area contributed by atoms with Crippen LogP contribution in [0.4, 0.5) is 11.6 Å². The van der Waals surface area contributed by atoms with E-state index in [1.807, 2.05) is 6.07 Å². The molecule has 1 aliphatic carbocycles. The third-order valence-corrected chi connectivity index (χ3v) is 3.62. The Hall–Kier alpha value is -1.32. The van der Waals surface area contributed by atoms with Gasteiger partial charge in [0.1, 0.15) is 17.5 Å². The van der Waals surface area contributed by atoms with Gasteiger partial charge in [-0.05, 0) is 31.1 Å². The number of hydrogen-bond donors (Lipinski definition) is 2. The summed E-state index contributed by atoms with van der Waals surface area (Å²) in [4.78, 5) is 9.15. The van der Waals surface area contributed by atoms with Crippen molar-refractivity contribution in [2.75, 3.05) is 23.7 Å². The first-order chi connectivity index (χ1) is 9.22. The monoisotopic (exact) mass is 262 g/mol. The van der Waals surface area contributed by atoms with Gasteiger partial charge in [0.05, 0.1) is 0 Å². The van der Waals surface area contributed by atoms with E-state index in [-0.39, 0.29) is 0 Å². The lowest BCUT2D eigenvalue weighted by Gasteiger charge is -2.10. The fraction of sp³-hybridized carbons (Fsp3) is 0.733. The first-order valence-corrected chi connectivity index (χ1v) is 7.58. The van der Waals surface area contributed by atoms with Crippen LogP contribution in [0.1, 0.15) is 45.9 Å². The Morgan fingerprint density at radius 1 is 1.16 bits per heavy atom. The maximum absolute atomic E-state index is 4.59. The minimum atomic E-state index is 0.830.